The van der Waals surface area contributed by atoms with Crippen molar-refractivity contribution in [2.75, 3.05) is 33.3 Å². The molecule has 42 heavy (non-hydrogen) atoms. The zero-order valence-corrected chi connectivity index (χ0v) is 26.5. The number of rotatable bonds is 9. The van der Waals surface area contributed by atoms with Crippen molar-refractivity contribution in [2.45, 2.75) is 65.0 Å². The lowest BCUT2D eigenvalue weighted by atomic mass is 9.95. The Kier molecular flexibility index (Phi) is 15.6. The predicted octanol–water partition coefficient (Wildman–Crippen LogP) is 5.60. The summed E-state index contributed by atoms with van der Waals surface area (Å²) in [6, 6.07) is 21.2. The van der Waals surface area contributed by atoms with Crippen LogP contribution < -0.4 is 16.4 Å². The number of fused-ring (bicyclic) bond motifs is 1. The standard InChI is InChI=1S/C29H35ClN4O2.C4H10.CH4O/c1-2-20(21-6-4-3-5-7-21)19-34-15-13-26(33-27(12-14-31)29(34)36)18-32-28(35)24-9-8-23-17-25(30)11-10-22(23)16-24;1-4(2)3;1-2/h3-11,16-17,20,26-27,33H,2,12-15,18-19,31H2,1H3,(H,32,35);4H,1-3H3;2H,1H3. The van der Waals surface area contributed by atoms with Crippen LogP contribution in [-0.4, -0.2) is 67.2 Å². The SMILES string of the molecule is CC(C)C.CCC(CN1CCC(CNC(=O)c2ccc3cc(Cl)ccc3c2)NC(CCN)C1=O)c1ccccc1.CO. The average molecular weight is 597 g/mol. The van der Waals surface area contributed by atoms with Crippen LogP contribution in [0.1, 0.15) is 68.8 Å². The third-order valence-electron chi connectivity index (χ3n) is 7.03. The summed E-state index contributed by atoms with van der Waals surface area (Å²) in [5, 5.41) is 16.2. The highest BCUT2D eigenvalue weighted by atomic mass is 35.5. The first-order valence-corrected chi connectivity index (χ1v) is 15.3. The molecule has 2 amide bonds. The normalized spacial score (nSPS) is 17.5. The van der Waals surface area contributed by atoms with Gasteiger partial charge >= 0.3 is 0 Å². The van der Waals surface area contributed by atoms with Gasteiger partial charge in [-0.3, -0.25) is 9.59 Å². The third-order valence-corrected chi connectivity index (χ3v) is 7.26. The monoisotopic (exact) mass is 596 g/mol. The number of amides is 2. The van der Waals surface area contributed by atoms with Crippen molar-refractivity contribution in [3.63, 3.8) is 0 Å². The minimum absolute atomic E-state index is 0.0180. The fraction of sp³-hybridized carbons (Fsp3) is 0.471. The molecule has 0 aromatic heterocycles. The zero-order valence-electron chi connectivity index (χ0n) is 25.8. The Morgan fingerprint density at radius 3 is 2.36 bits per heavy atom. The van der Waals surface area contributed by atoms with Crippen molar-refractivity contribution < 1.29 is 14.7 Å². The van der Waals surface area contributed by atoms with Crippen molar-refractivity contribution in [2.24, 2.45) is 11.7 Å². The van der Waals surface area contributed by atoms with Crippen LogP contribution in [0, 0.1) is 5.92 Å². The summed E-state index contributed by atoms with van der Waals surface area (Å²) in [5.41, 5.74) is 7.70. The number of benzene rings is 3. The summed E-state index contributed by atoms with van der Waals surface area (Å²) in [6.45, 7) is 10.9. The van der Waals surface area contributed by atoms with Gasteiger partial charge in [0.25, 0.3) is 5.91 Å². The summed E-state index contributed by atoms with van der Waals surface area (Å²) < 4.78 is 0. The van der Waals surface area contributed by atoms with E-state index in [1.54, 1.807) is 0 Å². The first-order chi connectivity index (χ1) is 20.2. The second-order valence-electron chi connectivity index (χ2n) is 11.2. The van der Waals surface area contributed by atoms with Gasteiger partial charge in [-0.25, -0.2) is 0 Å². The topological polar surface area (TPSA) is 108 Å². The molecule has 4 rings (SSSR count). The molecule has 230 valence electrons. The van der Waals surface area contributed by atoms with E-state index in [4.69, 9.17) is 22.4 Å². The van der Waals surface area contributed by atoms with Crippen LogP contribution >= 0.6 is 11.6 Å². The fourth-order valence-electron chi connectivity index (χ4n) is 4.93. The lowest BCUT2D eigenvalue weighted by Gasteiger charge is -2.28. The van der Waals surface area contributed by atoms with Gasteiger partial charge in [-0.2, -0.15) is 0 Å². The van der Waals surface area contributed by atoms with Gasteiger partial charge in [-0.05, 0) is 72.3 Å². The molecule has 5 N–H and O–H groups in total. The fourth-order valence-corrected chi connectivity index (χ4v) is 5.11. The van der Waals surface area contributed by atoms with Crippen molar-refractivity contribution in [3.05, 3.63) is 82.9 Å². The summed E-state index contributed by atoms with van der Waals surface area (Å²) >= 11 is 6.07. The maximum atomic E-state index is 13.4. The van der Waals surface area contributed by atoms with E-state index < -0.39 is 0 Å². The Morgan fingerprint density at radius 2 is 1.71 bits per heavy atom. The van der Waals surface area contributed by atoms with E-state index >= 15 is 0 Å². The molecular formula is C34H49ClN4O3. The molecule has 3 aromatic rings. The van der Waals surface area contributed by atoms with E-state index in [0.717, 1.165) is 36.6 Å². The van der Waals surface area contributed by atoms with Crippen molar-refractivity contribution in [1.82, 2.24) is 15.5 Å². The molecule has 8 heteroatoms. The van der Waals surface area contributed by atoms with Gasteiger partial charge in [0.05, 0.1) is 6.04 Å². The molecule has 0 spiro atoms. The molecule has 0 bridgehead atoms. The minimum Gasteiger partial charge on any atom is -0.400 e. The highest BCUT2D eigenvalue weighted by molar-refractivity contribution is 6.31. The Hall–Kier alpha value is -2.97. The molecule has 1 aliphatic rings. The molecule has 0 aliphatic carbocycles. The highest BCUT2D eigenvalue weighted by Crippen LogP contribution is 2.23. The van der Waals surface area contributed by atoms with E-state index in [0.29, 0.717) is 43.2 Å². The third kappa shape index (κ3) is 11.0. The maximum absolute atomic E-state index is 13.4. The molecule has 1 aliphatic heterocycles. The average Bonchev–Trinajstić information content (AvgIpc) is 3.13. The first-order valence-electron chi connectivity index (χ1n) is 14.9. The van der Waals surface area contributed by atoms with Crippen LogP contribution in [0.25, 0.3) is 10.8 Å². The molecule has 0 saturated carbocycles. The Labute approximate surface area is 256 Å². The largest absolute Gasteiger partial charge is 0.400 e. The summed E-state index contributed by atoms with van der Waals surface area (Å²) in [5.74, 6) is 1.08. The van der Waals surface area contributed by atoms with Gasteiger partial charge in [-0.15, -0.1) is 0 Å². The van der Waals surface area contributed by atoms with Crippen molar-refractivity contribution >= 4 is 34.2 Å². The Balaban J connectivity index is 0.000000947. The summed E-state index contributed by atoms with van der Waals surface area (Å²) in [6.07, 6.45) is 2.28. The van der Waals surface area contributed by atoms with Crippen LogP contribution in [0.5, 0.6) is 0 Å². The lowest BCUT2D eigenvalue weighted by Crippen LogP contribution is -2.49. The predicted molar refractivity (Wildman–Crippen MR) is 175 cm³/mol. The smallest absolute Gasteiger partial charge is 0.251 e. The maximum Gasteiger partial charge on any atom is 0.251 e. The number of nitrogens with zero attached hydrogens (tertiary/aromatic N) is 1. The molecular weight excluding hydrogens is 548 g/mol. The van der Waals surface area contributed by atoms with Crippen LogP contribution in [0.4, 0.5) is 0 Å². The number of aliphatic hydroxyl groups is 1. The highest BCUT2D eigenvalue weighted by Gasteiger charge is 2.31. The summed E-state index contributed by atoms with van der Waals surface area (Å²) in [7, 11) is 1.00. The van der Waals surface area contributed by atoms with Crippen LogP contribution in [0.3, 0.4) is 0 Å². The van der Waals surface area contributed by atoms with Gasteiger partial charge in [0.2, 0.25) is 5.91 Å². The number of hydrogen-bond donors (Lipinski definition) is 4. The van der Waals surface area contributed by atoms with Gasteiger partial charge < -0.3 is 26.4 Å². The number of aliphatic hydroxyl groups excluding tert-OH is 1. The molecule has 3 unspecified atom stereocenters. The quantitative estimate of drug-likeness (QED) is 0.257. The first kappa shape index (κ1) is 35.2. The zero-order chi connectivity index (χ0) is 31.1. The molecule has 3 atom stereocenters. The molecule has 1 saturated heterocycles. The lowest BCUT2D eigenvalue weighted by molar-refractivity contribution is -0.133. The van der Waals surface area contributed by atoms with E-state index in [1.165, 1.54) is 5.56 Å². The van der Waals surface area contributed by atoms with Gasteiger partial charge in [0, 0.05) is 49.3 Å². The van der Waals surface area contributed by atoms with E-state index in [1.807, 2.05) is 59.5 Å². The number of nitrogens with two attached hydrogens (primary N) is 1. The van der Waals surface area contributed by atoms with E-state index in [2.05, 4.69) is 50.5 Å². The number of halogens is 1. The number of hydrogen-bond acceptors (Lipinski definition) is 5. The van der Waals surface area contributed by atoms with Crippen LogP contribution in [-0.2, 0) is 4.79 Å². The molecule has 1 fully saturated rings. The van der Waals surface area contributed by atoms with Gasteiger partial charge in [-0.1, -0.05) is 81.8 Å². The molecule has 7 nitrogen and oxygen atoms in total. The number of carbonyl (C=O) groups is 2. The van der Waals surface area contributed by atoms with Gasteiger partial charge in [0.1, 0.15) is 0 Å². The molecule has 0 radical (unpaired) electrons. The van der Waals surface area contributed by atoms with E-state index in [9.17, 15) is 9.59 Å². The van der Waals surface area contributed by atoms with Crippen molar-refractivity contribution in [1.29, 1.82) is 0 Å². The van der Waals surface area contributed by atoms with Crippen LogP contribution in [0.15, 0.2) is 66.7 Å². The summed E-state index contributed by atoms with van der Waals surface area (Å²) in [4.78, 5) is 28.3. The molecule has 1 heterocycles. The van der Waals surface area contributed by atoms with E-state index in [-0.39, 0.29) is 29.8 Å². The van der Waals surface area contributed by atoms with Crippen LogP contribution in [0.2, 0.25) is 5.02 Å². The minimum atomic E-state index is -0.349. The number of nitrogens with one attached hydrogen (secondary N) is 2. The number of carbonyl (C=O) groups excluding carboxylic acids is 2. The van der Waals surface area contributed by atoms with Gasteiger partial charge in [0.15, 0.2) is 0 Å². The Bertz CT molecular complexity index is 1240. The second kappa shape index (κ2) is 18.5. The molecule has 3 aromatic carbocycles. The second-order valence-corrected chi connectivity index (χ2v) is 11.7. The van der Waals surface area contributed by atoms with Crippen molar-refractivity contribution in [3.8, 4) is 0 Å². The Morgan fingerprint density at radius 1 is 1.07 bits per heavy atom.